The molecule has 0 aromatic heterocycles. The molecule has 1 aromatic carbocycles. The fourth-order valence-electron chi connectivity index (χ4n) is 2.28. The molecule has 0 unspecified atom stereocenters. The number of ether oxygens (including phenoxy) is 3. The molecule has 4 nitrogen and oxygen atoms in total. The van der Waals surface area contributed by atoms with Crippen molar-refractivity contribution in [1.29, 1.82) is 0 Å². The van der Waals surface area contributed by atoms with Crippen LogP contribution in [0.5, 0.6) is 11.5 Å². The molecule has 0 spiro atoms. The summed E-state index contributed by atoms with van der Waals surface area (Å²) in [6, 6.07) is 1.96. The minimum atomic E-state index is -0.949. The molecule has 18 heavy (non-hydrogen) atoms. The normalized spacial score (nSPS) is 20.1. The summed E-state index contributed by atoms with van der Waals surface area (Å²) in [6.07, 6.45) is 1.86. The van der Waals surface area contributed by atoms with E-state index in [1.54, 1.807) is 13.8 Å². The Kier molecular flexibility index (Phi) is 2.55. The lowest BCUT2D eigenvalue weighted by Gasteiger charge is -2.34. The number of halogens is 1. The van der Waals surface area contributed by atoms with Crippen molar-refractivity contribution in [3.63, 3.8) is 0 Å². The van der Waals surface area contributed by atoms with E-state index < -0.39 is 5.79 Å². The molecule has 96 valence electrons. The number of hydrogen-bond donors (Lipinski definition) is 0. The molecule has 0 amide bonds. The van der Waals surface area contributed by atoms with Crippen LogP contribution >= 0.6 is 15.9 Å². The van der Waals surface area contributed by atoms with Gasteiger partial charge in [0.25, 0.3) is 0 Å². The van der Waals surface area contributed by atoms with Crippen molar-refractivity contribution in [3.8, 4) is 11.5 Å². The van der Waals surface area contributed by atoms with Crippen LogP contribution in [0.15, 0.2) is 10.5 Å². The van der Waals surface area contributed by atoms with Crippen LogP contribution in [0.1, 0.15) is 36.2 Å². The number of fused-ring (bicyclic) bond motifs is 3. The molecule has 0 radical (unpaired) electrons. The number of carbonyl (C=O) groups excluding carboxylic acids is 1. The van der Waals surface area contributed by atoms with Crippen LogP contribution in [0.2, 0.25) is 0 Å². The van der Waals surface area contributed by atoms with Crippen molar-refractivity contribution >= 4 is 21.9 Å². The van der Waals surface area contributed by atoms with Gasteiger partial charge in [0.2, 0.25) is 5.79 Å². The molecule has 0 fully saturated rings. The third-order valence-corrected chi connectivity index (χ3v) is 3.58. The van der Waals surface area contributed by atoms with Crippen molar-refractivity contribution < 1.29 is 19.0 Å². The maximum Gasteiger partial charge on any atom is 0.349 e. The summed E-state index contributed by atoms with van der Waals surface area (Å²) in [4.78, 5) is 12.1. The lowest BCUT2D eigenvalue weighted by Crippen LogP contribution is -2.39. The highest BCUT2D eigenvalue weighted by atomic mass is 79.9. The summed E-state index contributed by atoms with van der Waals surface area (Å²) in [5.41, 5.74) is 1.42. The average Bonchev–Trinajstić information content (AvgIpc) is 2.28. The Morgan fingerprint density at radius 2 is 2.06 bits per heavy atom. The van der Waals surface area contributed by atoms with E-state index in [0.29, 0.717) is 23.7 Å². The van der Waals surface area contributed by atoms with Gasteiger partial charge in [-0.1, -0.05) is 0 Å². The molecule has 2 heterocycles. The molecule has 1 aromatic rings. The molecular weight excluding hydrogens is 300 g/mol. The van der Waals surface area contributed by atoms with Crippen molar-refractivity contribution in [2.45, 2.75) is 32.5 Å². The molecule has 0 atom stereocenters. The summed E-state index contributed by atoms with van der Waals surface area (Å²) >= 11 is 3.45. The average molecular weight is 313 g/mol. The largest absolute Gasteiger partial charge is 0.492 e. The van der Waals surface area contributed by atoms with Crippen LogP contribution in [0.4, 0.5) is 0 Å². The Morgan fingerprint density at radius 3 is 2.83 bits per heavy atom. The zero-order chi connectivity index (χ0) is 12.9. The Bertz CT molecular complexity index is 536. The Hall–Kier alpha value is -1.23. The van der Waals surface area contributed by atoms with Gasteiger partial charge < -0.3 is 14.2 Å². The number of benzene rings is 1. The molecule has 2 aliphatic rings. The Balaban J connectivity index is 2.22. The zero-order valence-corrected chi connectivity index (χ0v) is 11.8. The summed E-state index contributed by atoms with van der Waals surface area (Å²) in [6.45, 7) is 4.04. The highest BCUT2D eigenvalue weighted by Gasteiger charge is 2.39. The minimum Gasteiger partial charge on any atom is -0.492 e. The van der Waals surface area contributed by atoms with Gasteiger partial charge in [0.15, 0.2) is 5.75 Å². The third-order valence-electron chi connectivity index (χ3n) is 2.99. The first-order valence-corrected chi connectivity index (χ1v) is 6.68. The topological polar surface area (TPSA) is 44.8 Å². The first-order chi connectivity index (χ1) is 8.48. The number of esters is 1. The van der Waals surface area contributed by atoms with Crippen molar-refractivity contribution in [2.75, 3.05) is 6.61 Å². The maximum atomic E-state index is 12.1. The number of rotatable bonds is 0. The lowest BCUT2D eigenvalue weighted by molar-refractivity contribution is -0.128. The Morgan fingerprint density at radius 1 is 1.28 bits per heavy atom. The van der Waals surface area contributed by atoms with Crippen molar-refractivity contribution in [1.82, 2.24) is 0 Å². The van der Waals surface area contributed by atoms with Crippen LogP contribution in [-0.4, -0.2) is 18.4 Å². The van der Waals surface area contributed by atoms with E-state index in [2.05, 4.69) is 15.9 Å². The number of carbonyl (C=O) groups is 1. The zero-order valence-electron chi connectivity index (χ0n) is 10.2. The van der Waals surface area contributed by atoms with E-state index in [9.17, 15) is 4.79 Å². The second-order valence-electron chi connectivity index (χ2n) is 4.89. The van der Waals surface area contributed by atoms with Gasteiger partial charge in [-0.2, -0.15) is 0 Å². The molecule has 0 bridgehead atoms. The number of aryl methyl sites for hydroxylation is 1. The second kappa shape index (κ2) is 3.88. The van der Waals surface area contributed by atoms with Gasteiger partial charge >= 0.3 is 5.97 Å². The number of hydrogen-bond acceptors (Lipinski definition) is 4. The quantitative estimate of drug-likeness (QED) is 0.691. The van der Waals surface area contributed by atoms with Gasteiger partial charge in [0.05, 0.1) is 11.1 Å². The number of cyclic esters (lactones) is 1. The van der Waals surface area contributed by atoms with Gasteiger partial charge in [-0.3, -0.25) is 0 Å². The predicted molar refractivity (Wildman–Crippen MR) is 68.1 cm³/mol. The molecule has 0 aliphatic carbocycles. The first kappa shape index (κ1) is 11.8. The summed E-state index contributed by atoms with van der Waals surface area (Å²) < 4.78 is 17.4. The van der Waals surface area contributed by atoms with E-state index in [4.69, 9.17) is 14.2 Å². The van der Waals surface area contributed by atoms with Crippen LogP contribution in [0, 0.1) is 0 Å². The summed E-state index contributed by atoms with van der Waals surface area (Å²) in [5.74, 6) is -0.215. The van der Waals surface area contributed by atoms with Crippen LogP contribution < -0.4 is 9.47 Å². The molecular formula is C13H13BrO4. The van der Waals surface area contributed by atoms with Gasteiger partial charge in [-0.05, 0) is 40.4 Å². The van der Waals surface area contributed by atoms with E-state index in [0.717, 1.165) is 22.9 Å². The summed E-state index contributed by atoms with van der Waals surface area (Å²) in [7, 11) is 0. The smallest absolute Gasteiger partial charge is 0.349 e. The molecule has 5 heteroatoms. The first-order valence-electron chi connectivity index (χ1n) is 5.88. The van der Waals surface area contributed by atoms with E-state index >= 15 is 0 Å². The van der Waals surface area contributed by atoms with Gasteiger partial charge in [0, 0.05) is 13.8 Å². The molecule has 2 aliphatic heterocycles. The molecule has 0 saturated carbocycles. The van der Waals surface area contributed by atoms with Crippen LogP contribution in [0.3, 0.4) is 0 Å². The molecule has 0 saturated heterocycles. The Labute approximate surface area is 113 Å². The fourth-order valence-corrected chi connectivity index (χ4v) is 2.84. The monoisotopic (exact) mass is 312 g/mol. The summed E-state index contributed by atoms with van der Waals surface area (Å²) in [5, 5.41) is 0. The standard InChI is InChI=1S/C13H13BrO4/c1-13(2)17-11-8(14)6-7-4-3-5-16-10(7)9(11)12(15)18-13/h6H,3-5H2,1-2H3. The van der Waals surface area contributed by atoms with Crippen LogP contribution in [-0.2, 0) is 11.2 Å². The third kappa shape index (κ3) is 1.77. The van der Waals surface area contributed by atoms with Crippen molar-refractivity contribution in [3.05, 3.63) is 21.7 Å². The van der Waals surface area contributed by atoms with Crippen molar-refractivity contribution in [2.24, 2.45) is 0 Å². The highest BCUT2D eigenvalue weighted by molar-refractivity contribution is 9.10. The predicted octanol–water partition coefficient (Wildman–Crippen LogP) is 3.06. The second-order valence-corrected chi connectivity index (χ2v) is 5.75. The van der Waals surface area contributed by atoms with Gasteiger partial charge in [-0.25, -0.2) is 4.79 Å². The maximum absolute atomic E-state index is 12.1. The van der Waals surface area contributed by atoms with E-state index in [-0.39, 0.29) is 5.97 Å². The van der Waals surface area contributed by atoms with Gasteiger partial charge in [0.1, 0.15) is 11.3 Å². The minimum absolute atomic E-state index is 0.388. The van der Waals surface area contributed by atoms with Crippen LogP contribution in [0.25, 0.3) is 0 Å². The van der Waals surface area contributed by atoms with E-state index in [1.165, 1.54) is 0 Å². The SMILES string of the molecule is CC1(C)OC(=O)c2c(c(Br)cc3c2OCCC3)O1. The lowest BCUT2D eigenvalue weighted by atomic mass is 10.0. The van der Waals surface area contributed by atoms with E-state index in [1.807, 2.05) is 6.07 Å². The molecule has 0 N–H and O–H groups in total. The molecule has 3 rings (SSSR count). The van der Waals surface area contributed by atoms with Gasteiger partial charge in [-0.15, -0.1) is 0 Å². The fraction of sp³-hybridized carbons (Fsp3) is 0.462. The highest BCUT2D eigenvalue weighted by Crippen LogP contribution is 2.45.